The van der Waals surface area contributed by atoms with Crippen LogP contribution < -0.4 is 11.4 Å². The zero-order valence-electron chi connectivity index (χ0n) is 9.87. The molecule has 86 valence electrons. The van der Waals surface area contributed by atoms with Crippen LogP contribution in [0.2, 0.25) is 0 Å². The molecule has 0 unspecified atom stereocenters. The molecule has 0 aliphatic rings. The minimum absolute atomic E-state index is 0.100. The Bertz CT molecular complexity index is 372. The Morgan fingerprint density at radius 2 is 2.13 bits per heavy atom. The molecule has 0 aliphatic heterocycles. The molecule has 0 fully saturated rings. The number of nitrogens with zero attached hydrogens (tertiary/aromatic N) is 2. The normalized spacial score (nSPS) is 14.2. The van der Waals surface area contributed by atoms with Gasteiger partial charge in [0.05, 0.1) is 6.04 Å². The molecule has 1 aromatic heterocycles. The maximum absolute atomic E-state index is 11.5. The molecule has 0 amide bonds. The summed E-state index contributed by atoms with van der Waals surface area (Å²) in [5.41, 5.74) is 5.80. The third kappa shape index (κ3) is 2.47. The van der Waals surface area contributed by atoms with Gasteiger partial charge in [0, 0.05) is 6.54 Å². The average Bonchev–Trinajstić information content (AvgIpc) is 2.46. The molecular weight excluding hydrogens is 192 g/mol. The summed E-state index contributed by atoms with van der Waals surface area (Å²) in [6.07, 6.45) is 0.892. The van der Waals surface area contributed by atoms with Crippen LogP contribution >= 0.6 is 0 Å². The molecule has 1 atom stereocenters. The van der Waals surface area contributed by atoms with Crippen LogP contribution in [0.3, 0.4) is 0 Å². The SMILES string of the molecule is CCCn1c([C@@H](N)C(C)(C)C)n[nH]c1=O. The number of H-pyrrole nitrogens is 1. The number of aromatic amines is 1. The van der Waals surface area contributed by atoms with Gasteiger partial charge < -0.3 is 5.73 Å². The van der Waals surface area contributed by atoms with E-state index in [1.54, 1.807) is 4.57 Å². The first-order valence-corrected chi connectivity index (χ1v) is 5.28. The van der Waals surface area contributed by atoms with Crippen molar-refractivity contribution in [3.05, 3.63) is 16.3 Å². The Hall–Kier alpha value is -1.10. The summed E-state index contributed by atoms with van der Waals surface area (Å²) >= 11 is 0. The van der Waals surface area contributed by atoms with Gasteiger partial charge in [0.25, 0.3) is 0 Å². The highest BCUT2D eigenvalue weighted by Crippen LogP contribution is 2.28. The van der Waals surface area contributed by atoms with Gasteiger partial charge in [-0.1, -0.05) is 27.7 Å². The minimum Gasteiger partial charge on any atom is -0.321 e. The highest BCUT2D eigenvalue weighted by atomic mass is 16.1. The molecule has 3 N–H and O–H groups in total. The highest BCUT2D eigenvalue weighted by Gasteiger charge is 2.27. The predicted molar refractivity (Wildman–Crippen MR) is 59.5 cm³/mol. The fourth-order valence-electron chi connectivity index (χ4n) is 1.39. The summed E-state index contributed by atoms with van der Waals surface area (Å²) in [6.45, 7) is 8.79. The summed E-state index contributed by atoms with van der Waals surface area (Å²) in [5.74, 6) is 0.648. The van der Waals surface area contributed by atoms with Gasteiger partial charge in [0.15, 0.2) is 5.82 Å². The Labute approximate surface area is 89.7 Å². The molecule has 1 aromatic rings. The molecule has 0 radical (unpaired) electrons. The van der Waals surface area contributed by atoms with Gasteiger partial charge in [-0.05, 0) is 11.8 Å². The number of hydrogen-bond acceptors (Lipinski definition) is 3. The lowest BCUT2D eigenvalue weighted by molar-refractivity contribution is 0.306. The lowest BCUT2D eigenvalue weighted by Gasteiger charge is -2.26. The van der Waals surface area contributed by atoms with E-state index in [9.17, 15) is 4.79 Å². The second kappa shape index (κ2) is 4.18. The number of nitrogens with two attached hydrogens (primary N) is 1. The van der Waals surface area contributed by atoms with Crippen LogP contribution in [-0.2, 0) is 6.54 Å². The molecule has 15 heavy (non-hydrogen) atoms. The largest absolute Gasteiger partial charge is 0.343 e. The summed E-state index contributed by atoms with van der Waals surface area (Å²) in [6, 6.07) is -0.233. The van der Waals surface area contributed by atoms with Gasteiger partial charge in [0.1, 0.15) is 0 Å². The van der Waals surface area contributed by atoms with E-state index >= 15 is 0 Å². The Balaban J connectivity index is 3.09. The molecule has 5 nitrogen and oxygen atoms in total. The van der Waals surface area contributed by atoms with Gasteiger partial charge in [-0.2, -0.15) is 5.10 Å². The third-order valence-corrected chi connectivity index (χ3v) is 2.45. The Morgan fingerprint density at radius 1 is 1.53 bits per heavy atom. The van der Waals surface area contributed by atoms with E-state index in [1.165, 1.54) is 0 Å². The summed E-state index contributed by atoms with van der Waals surface area (Å²) in [7, 11) is 0. The van der Waals surface area contributed by atoms with E-state index in [-0.39, 0.29) is 17.1 Å². The number of rotatable bonds is 3. The Morgan fingerprint density at radius 3 is 2.60 bits per heavy atom. The number of aromatic nitrogens is 3. The highest BCUT2D eigenvalue weighted by molar-refractivity contribution is 4.99. The maximum atomic E-state index is 11.5. The first-order valence-electron chi connectivity index (χ1n) is 5.28. The van der Waals surface area contributed by atoms with Crippen molar-refractivity contribution < 1.29 is 0 Å². The molecule has 5 heteroatoms. The van der Waals surface area contributed by atoms with Gasteiger partial charge in [0.2, 0.25) is 0 Å². The van der Waals surface area contributed by atoms with Crippen molar-refractivity contribution in [2.75, 3.05) is 0 Å². The molecular formula is C10H20N4O. The fraction of sp³-hybridized carbons (Fsp3) is 0.800. The van der Waals surface area contributed by atoms with E-state index in [0.29, 0.717) is 12.4 Å². The molecule has 0 bridgehead atoms. The van der Waals surface area contributed by atoms with Crippen LogP contribution in [0.15, 0.2) is 4.79 Å². The van der Waals surface area contributed by atoms with Crippen molar-refractivity contribution in [3.8, 4) is 0 Å². The molecule has 1 rings (SSSR count). The molecule has 0 aromatic carbocycles. The van der Waals surface area contributed by atoms with Crippen LogP contribution in [0.25, 0.3) is 0 Å². The number of hydrogen-bond donors (Lipinski definition) is 2. The van der Waals surface area contributed by atoms with Gasteiger partial charge in [-0.25, -0.2) is 9.89 Å². The van der Waals surface area contributed by atoms with Crippen LogP contribution in [0.5, 0.6) is 0 Å². The second-order valence-electron chi connectivity index (χ2n) is 4.88. The molecule has 0 saturated heterocycles. The molecule has 0 spiro atoms. The van der Waals surface area contributed by atoms with Gasteiger partial charge in [-0.15, -0.1) is 0 Å². The quantitative estimate of drug-likeness (QED) is 0.785. The third-order valence-electron chi connectivity index (χ3n) is 2.45. The van der Waals surface area contributed by atoms with Crippen molar-refractivity contribution in [1.82, 2.24) is 14.8 Å². The molecule has 0 aliphatic carbocycles. The van der Waals surface area contributed by atoms with E-state index in [4.69, 9.17) is 5.73 Å². The Kier molecular flexibility index (Phi) is 3.34. The van der Waals surface area contributed by atoms with Crippen LogP contribution in [0, 0.1) is 5.41 Å². The van der Waals surface area contributed by atoms with Crippen molar-refractivity contribution in [3.63, 3.8) is 0 Å². The van der Waals surface area contributed by atoms with E-state index in [1.807, 2.05) is 27.7 Å². The van der Waals surface area contributed by atoms with Crippen molar-refractivity contribution in [2.24, 2.45) is 11.1 Å². The maximum Gasteiger partial charge on any atom is 0.343 e. The fourth-order valence-corrected chi connectivity index (χ4v) is 1.39. The minimum atomic E-state index is -0.233. The standard InChI is InChI=1S/C10H20N4O/c1-5-6-14-8(12-13-9(14)15)7(11)10(2,3)4/h7H,5-6,11H2,1-4H3,(H,13,15)/t7-/m1/s1. The number of nitrogens with one attached hydrogen (secondary N) is 1. The first kappa shape index (κ1) is 12.0. The first-order chi connectivity index (χ1) is 6.88. The van der Waals surface area contributed by atoms with E-state index in [2.05, 4.69) is 10.2 Å². The predicted octanol–water partition coefficient (Wildman–Crippen LogP) is 1.03. The van der Waals surface area contributed by atoms with Gasteiger partial charge >= 0.3 is 5.69 Å². The smallest absolute Gasteiger partial charge is 0.321 e. The van der Waals surface area contributed by atoms with Crippen molar-refractivity contribution in [2.45, 2.75) is 46.7 Å². The van der Waals surface area contributed by atoms with E-state index < -0.39 is 0 Å². The summed E-state index contributed by atoms with van der Waals surface area (Å²) in [5, 5.41) is 6.45. The zero-order chi connectivity index (χ0) is 11.6. The van der Waals surface area contributed by atoms with Crippen molar-refractivity contribution >= 4 is 0 Å². The monoisotopic (exact) mass is 212 g/mol. The lowest BCUT2D eigenvalue weighted by Crippen LogP contribution is -2.31. The second-order valence-corrected chi connectivity index (χ2v) is 4.88. The molecule has 0 saturated carbocycles. The topological polar surface area (TPSA) is 76.7 Å². The van der Waals surface area contributed by atoms with Gasteiger partial charge in [-0.3, -0.25) is 4.57 Å². The van der Waals surface area contributed by atoms with Crippen LogP contribution in [0.4, 0.5) is 0 Å². The average molecular weight is 212 g/mol. The lowest BCUT2D eigenvalue weighted by atomic mass is 9.87. The summed E-state index contributed by atoms with van der Waals surface area (Å²) in [4.78, 5) is 11.5. The van der Waals surface area contributed by atoms with Crippen LogP contribution in [-0.4, -0.2) is 14.8 Å². The van der Waals surface area contributed by atoms with E-state index in [0.717, 1.165) is 6.42 Å². The van der Waals surface area contributed by atoms with Crippen LogP contribution in [0.1, 0.15) is 46.0 Å². The van der Waals surface area contributed by atoms with Crippen molar-refractivity contribution in [1.29, 1.82) is 0 Å². The zero-order valence-corrected chi connectivity index (χ0v) is 9.87. The summed E-state index contributed by atoms with van der Waals surface area (Å²) < 4.78 is 1.62. The molecule has 1 heterocycles.